The number of nitrogen functional groups attached to an aromatic ring is 1. The number of anilines is 2. The number of benzene rings is 1. The number of amides is 1. The normalized spacial score (nSPS) is 11.7. The largest absolute Gasteiger partial charge is 0.383 e. The number of nitrogens with two attached hydrogens (primary N) is 1. The Kier molecular flexibility index (Phi) is 4.89. The van der Waals surface area contributed by atoms with Crippen molar-refractivity contribution in [2.24, 2.45) is 0 Å². The van der Waals surface area contributed by atoms with Gasteiger partial charge in [-0.25, -0.2) is 9.97 Å². The molecular formula is C20H25N5O2. The highest BCUT2D eigenvalue weighted by atomic mass is 16.5. The summed E-state index contributed by atoms with van der Waals surface area (Å²) in [5.41, 5.74) is 9.43. The van der Waals surface area contributed by atoms with Crippen molar-refractivity contribution < 1.29 is 9.53 Å². The van der Waals surface area contributed by atoms with Crippen molar-refractivity contribution >= 4 is 28.4 Å². The predicted molar refractivity (Wildman–Crippen MR) is 107 cm³/mol. The molecule has 0 aliphatic carbocycles. The van der Waals surface area contributed by atoms with Gasteiger partial charge in [0.05, 0.1) is 12.0 Å². The van der Waals surface area contributed by atoms with Crippen molar-refractivity contribution in [2.75, 3.05) is 24.8 Å². The van der Waals surface area contributed by atoms with Crippen LogP contribution in [0.3, 0.4) is 0 Å². The van der Waals surface area contributed by atoms with Gasteiger partial charge < -0.3 is 20.4 Å². The minimum atomic E-state index is -0.324. The van der Waals surface area contributed by atoms with Crippen LogP contribution in [0.2, 0.25) is 0 Å². The maximum Gasteiger partial charge on any atom is 0.295 e. The lowest BCUT2D eigenvalue weighted by Crippen LogP contribution is -2.28. The van der Waals surface area contributed by atoms with Gasteiger partial charge in [-0.05, 0) is 28.7 Å². The molecule has 0 unspecified atom stereocenters. The summed E-state index contributed by atoms with van der Waals surface area (Å²) in [4.78, 5) is 26.2. The molecule has 2 aromatic heterocycles. The van der Waals surface area contributed by atoms with E-state index in [1.165, 1.54) is 4.90 Å². The lowest BCUT2D eigenvalue weighted by atomic mass is 9.87. The molecule has 3 rings (SSSR count). The van der Waals surface area contributed by atoms with Crippen LogP contribution in [-0.4, -0.2) is 35.0 Å². The first-order valence-electron chi connectivity index (χ1n) is 8.73. The van der Waals surface area contributed by atoms with Crippen molar-refractivity contribution in [3.05, 3.63) is 47.4 Å². The number of hydrogen-bond donors (Lipinski definition) is 2. The van der Waals surface area contributed by atoms with Gasteiger partial charge in [-0.1, -0.05) is 32.9 Å². The van der Waals surface area contributed by atoms with Gasteiger partial charge in [0.25, 0.3) is 5.91 Å². The highest BCUT2D eigenvalue weighted by Crippen LogP contribution is 2.32. The fourth-order valence-corrected chi connectivity index (χ4v) is 3.00. The summed E-state index contributed by atoms with van der Waals surface area (Å²) in [6, 6.07) is 7.56. The van der Waals surface area contributed by atoms with Gasteiger partial charge in [0.15, 0.2) is 0 Å². The predicted octanol–water partition coefficient (Wildman–Crippen LogP) is 3.26. The van der Waals surface area contributed by atoms with Crippen molar-refractivity contribution in [2.45, 2.75) is 32.8 Å². The van der Waals surface area contributed by atoms with Crippen LogP contribution in [0.5, 0.6) is 0 Å². The molecule has 2 heterocycles. The number of fused-ring (bicyclic) bond motifs is 1. The molecule has 7 heteroatoms. The van der Waals surface area contributed by atoms with Gasteiger partial charge in [0, 0.05) is 26.0 Å². The van der Waals surface area contributed by atoms with E-state index < -0.39 is 0 Å². The Morgan fingerprint density at radius 3 is 2.48 bits per heavy atom. The first-order valence-corrected chi connectivity index (χ1v) is 8.73. The first kappa shape index (κ1) is 18.8. The van der Waals surface area contributed by atoms with Gasteiger partial charge in [-0.2, -0.15) is 0 Å². The molecule has 0 atom stereocenters. The van der Waals surface area contributed by atoms with Gasteiger partial charge in [-0.3, -0.25) is 4.79 Å². The smallest absolute Gasteiger partial charge is 0.295 e. The van der Waals surface area contributed by atoms with Gasteiger partial charge in [-0.15, -0.1) is 0 Å². The minimum Gasteiger partial charge on any atom is -0.383 e. The molecule has 0 aliphatic rings. The van der Waals surface area contributed by atoms with Crippen LogP contribution in [0.4, 0.5) is 11.5 Å². The molecule has 3 N–H and O–H groups in total. The van der Waals surface area contributed by atoms with E-state index in [-0.39, 0.29) is 17.1 Å². The Balaban J connectivity index is 1.93. The van der Waals surface area contributed by atoms with Crippen molar-refractivity contribution in [1.82, 2.24) is 15.0 Å². The molecule has 0 spiro atoms. The topological polar surface area (TPSA) is 97.1 Å². The Morgan fingerprint density at radius 1 is 1.22 bits per heavy atom. The third-order valence-electron chi connectivity index (χ3n) is 4.50. The molecule has 0 saturated heterocycles. The summed E-state index contributed by atoms with van der Waals surface area (Å²) in [6.45, 7) is 6.80. The maximum absolute atomic E-state index is 12.9. The Morgan fingerprint density at radius 2 is 1.89 bits per heavy atom. The van der Waals surface area contributed by atoms with Crippen LogP contribution in [-0.2, 0) is 16.8 Å². The van der Waals surface area contributed by atoms with Crippen LogP contribution < -0.4 is 10.6 Å². The van der Waals surface area contributed by atoms with Gasteiger partial charge >= 0.3 is 0 Å². The van der Waals surface area contributed by atoms with Crippen LogP contribution in [0.1, 0.15) is 42.5 Å². The van der Waals surface area contributed by atoms with Crippen molar-refractivity contribution in [3.8, 4) is 0 Å². The van der Waals surface area contributed by atoms with E-state index in [2.05, 4.69) is 35.7 Å². The number of nitrogens with zero attached hydrogens (tertiary/aromatic N) is 3. The summed E-state index contributed by atoms with van der Waals surface area (Å²) in [5, 5.41) is 0.769. The number of methoxy groups -OCH3 is 1. The molecule has 0 bridgehead atoms. The van der Waals surface area contributed by atoms with E-state index in [0.717, 1.165) is 22.2 Å². The third kappa shape index (κ3) is 3.64. The molecule has 1 amide bonds. The molecule has 1 aromatic carbocycles. The highest BCUT2D eigenvalue weighted by molar-refractivity contribution is 6.05. The molecule has 0 saturated carbocycles. The van der Waals surface area contributed by atoms with Crippen LogP contribution in [0.15, 0.2) is 30.5 Å². The fourth-order valence-electron chi connectivity index (χ4n) is 3.00. The van der Waals surface area contributed by atoms with Crippen LogP contribution >= 0.6 is 0 Å². The average molecular weight is 367 g/mol. The lowest BCUT2D eigenvalue weighted by Gasteiger charge is -2.19. The molecular weight excluding hydrogens is 342 g/mol. The van der Waals surface area contributed by atoms with Gasteiger partial charge in [0.1, 0.15) is 11.5 Å². The standard InChI is InChI=1S/C20H25N5O2/c1-20(2,3)14-10-22-17-15(14)16(21)23-18(24-17)19(26)25(4)13-8-6-12(7-9-13)11-27-5/h6-10H,11H2,1-5H3,(H3,21,22,23,24). The number of aromatic nitrogens is 3. The summed E-state index contributed by atoms with van der Waals surface area (Å²) < 4.78 is 5.11. The summed E-state index contributed by atoms with van der Waals surface area (Å²) >= 11 is 0. The van der Waals surface area contributed by atoms with E-state index in [1.807, 2.05) is 30.5 Å². The first-order chi connectivity index (χ1) is 12.7. The summed E-state index contributed by atoms with van der Waals surface area (Å²) in [6.07, 6.45) is 1.88. The monoisotopic (exact) mass is 367 g/mol. The molecule has 27 heavy (non-hydrogen) atoms. The molecule has 0 fully saturated rings. The maximum atomic E-state index is 12.9. The second-order valence-corrected chi connectivity index (χ2v) is 7.57. The number of aromatic amines is 1. The quantitative estimate of drug-likeness (QED) is 0.738. The average Bonchev–Trinajstić information content (AvgIpc) is 3.06. The summed E-state index contributed by atoms with van der Waals surface area (Å²) in [5.74, 6) is 0.0409. The third-order valence-corrected chi connectivity index (χ3v) is 4.50. The molecule has 7 nitrogen and oxygen atoms in total. The molecule has 0 radical (unpaired) electrons. The number of rotatable bonds is 4. The Labute approximate surface area is 158 Å². The minimum absolute atomic E-state index is 0.0609. The second-order valence-electron chi connectivity index (χ2n) is 7.57. The van der Waals surface area contributed by atoms with Crippen LogP contribution in [0, 0.1) is 0 Å². The van der Waals surface area contributed by atoms with Crippen LogP contribution in [0.25, 0.3) is 11.0 Å². The fraction of sp³-hybridized carbons (Fsp3) is 0.350. The van der Waals surface area contributed by atoms with E-state index in [1.54, 1.807) is 14.2 Å². The Hall–Kier alpha value is -2.93. The number of carbonyl (C=O) groups excluding carboxylic acids is 1. The number of H-pyrrole nitrogens is 1. The van der Waals surface area contributed by atoms with E-state index in [0.29, 0.717) is 18.1 Å². The summed E-state index contributed by atoms with van der Waals surface area (Å²) in [7, 11) is 3.33. The zero-order chi connectivity index (χ0) is 19.8. The Bertz CT molecular complexity index is 970. The van der Waals surface area contributed by atoms with Gasteiger partial charge in [0.2, 0.25) is 5.82 Å². The van der Waals surface area contributed by atoms with E-state index >= 15 is 0 Å². The number of hydrogen-bond acceptors (Lipinski definition) is 5. The van der Waals surface area contributed by atoms with E-state index in [9.17, 15) is 4.79 Å². The zero-order valence-corrected chi connectivity index (χ0v) is 16.3. The van der Waals surface area contributed by atoms with E-state index in [4.69, 9.17) is 10.5 Å². The lowest BCUT2D eigenvalue weighted by molar-refractivity contribution is 0.0983. The molecule has 0 aliphatic heterocycles. The second kappa shape index (κ2) is 7.00. The van der Waals surface area contributed by atoms with Crippen molar-refractivity contribution in [1.29, 1.82) is 0 Å². The number of nitrogens with one attached hydrogen (secondary N) is 1. The number of carbonyl (C=O) groups is 1. The number of ether oxygens (including phenoxy) is 1. The van der Waals surface area contributed by atoms with Crippen molar-refractivity contribution in [3.63, 3.8) is 0 Å². The molecule has 142 valence electrons. The molecule has 3 aromatic rings. The zero-order valence-electron chi connectivity index (χ0n) is 16.3. The highest BCUT2D eigenvalue weighted by Gasteiger charge is 2.24. The SMILES string of the molecule is COCc1ccc(N(C)C(=O)c2nc(N)c3c(C(C)(C)C)c[nH]c3n2)cc1.